The van der Waals surface area contributed by atoms with Crippen molar-refractivity contribution in [1.29, 1.82) is 0 Å². The quantitative estimate of drug-likeness (QED) is 0.894. The fourth-order valence-corrected chi connectivity index (χ4v) is 3.07. The van der Waals surface area contributed by atoms with Gasteiger partial charge >= 0.3 is 0 Å². The maximum atomic E-state index is 12.7. The summed E-state index contributed by atoms with van der Waals surface area (Å²) in [4.78, 5) is 32.6. The van der Waals surface area contributed by atoms with Gasteiger partial charge in [0.15, 0.2) is 0 Å². The van der Waals surface area contributed by atoms with Gasteiger partial charge in [0.25, 0.3) is 5.91 Å². The van der Waals surface area contributed by atoms with Crippen molar-refractivity contribution in [2.45, 2.75) is 13.0 Å². The van der Waals surface area contributed by atoms with Crippen molar-refractivity contribution in [3.8, 4) is 0 Å². The lowest BCUT2D eigenvalue weighted by atomic mass is 10.1. The normalized spacial score (nSPS) is 15.8. The van der Waals surface area contributed by atoms with Gasteiger partial charge in [-0.3, -0.25) is 14.5 Å². The van der Waals surface area contributed by atoms with E-state index in [4.69, 9.17) is 5.73 Å². The van der Waals surface area contributed by atoms with E-state index in [1.54, 1.807) is 30.5 Å². The molecule has 0 radical (unpaired) electrons. The minimum atomic E-state index is -0.522. The predicted octanol–water partition coefficient (Wildman–Crippen LogP) is 0.867. The monoisotopic (exact) mass is 341 g/mol. The molecule has 0 atom stereocenters. The van der Waals surface area contributed by atoms with Gasteiger partial charge in [-0.15, -0.1) is 0 Å². The molecule has 2 N–H and O–H groups in total. The molecule has 1 aliphatic rings. The van der Waals surface area contributed by atoms with Crippen LogP contribution >= 0.6 is 0 Å². The number of nitrogens with two attached hydrogens (primary N) is 1. The Hall–Kier alpha value is -2.67. The fraction of sp³-hybridized carbons (Fsp3) is 0.389. The second kappa shape index (κ2) is 7.48. The van der Waals surface area contributed by atoms with Gasteiger partial charge < -0.3 is 15.2 Å². The summed E-state index contributed by atoms with van der Waals surface area (Å²) < 4.78 is 2.02. The van der Waals surface area contributed by atoms with Crippen LogP contribution in [0.15, 0.2) is 36.7 Å². The van der Waals surface area contributed by atoms with Gasteiger partial charge in [-0.05, 0) is 24.6 Å². The van der Waals surface area contributed by atoms with Crippen LogP contribution in [0.25, 0.3) is 0 Å². The average molecular weight is 341 g/mol. The van der Waals surface area contributed by atoms with E-state index in [1.807, 2.05) is 22.7 Å². The number of hydrogen-bond donors (Lipinski definition) is 1. The highest BCUT2D eigenvalue weighted by Gasteiger charge is 2.21. The zero-order valence-corrected chi connectivity index (χ0v) is 14.4. The Morgan fingerprint density at radius 3 is 2.68 bits per heavy atom. The Bertz CT molecular complexity index is 770. The molecule has 1 aliphatic heterocycles. The summed E-state index contributed by atoms with van der Waals surface area (Å²) in [5.41, 5.74) is 6.17. The molecule has 7 heteroatoms. The molecule has 0 aliphatic carbocycles. The minimum absolute atomic E-state index is 0.0538. The molecule has 1 aromatic carbocycles. The third-order valence-electron chi connectivity index (χ3n) is 4.56. The minimum Gasteiger partial charge on any atom is -0.366 e. The van der Waals surface area contributed by atoms with E-state index < -0.39 is 5.91 Å². The van der Waals surface area contributed by atoms with E-state index in [2.05, 4.69) is 9.88 Å². The smallest absolute Gasteiger partial charge is 0.253 e. The van der Waals surface area contributed by atoms with Crippen molar-refractivity contribution >= 4 is 11.8 Å². The third kappa shape index (κ3) is 4.06. The van der Waals surface area contributed by atoms with Crippen LogP contribution in [0.5, 0.6) is 0 Å². The number of rotatable bonds is 4. The molecular weight excluding hydrogens is 318 g/mol. The second-order valence-electron chi connectivity index (χ2n) is 6.32. The average Bonchev–Trinajstić information content (AvgIpc) is 2.87. The first kappa shape index (κ1) is 17.2. The molecule has 1 aromatic heterocycles. The largest absolute Gasteiger partial charge is 0.366 e. The van der Waals surface area contributed by atoms with Gasteiger partial charge in [0.2, 0.25) is 5.91 Å². The third-order valence-corrected chi connectivity index (χ3v) is 4.56. The molecule has 132 valence electrons. The van der Waals surface area contributed by atoms with Gasteiger partial charge in [-0.25, -0.2) is 4.98 Å². The molecule has 0 unspecified atom stereocenters. The van der Waals surface area contributed by atoms with E-state index >= 15 is 0 Å². The van der Waals surface area contributed by atoms with Crippen molar-refractivity contribution in [2.75, 3.05) is 26.2 Å². The van der Waals surface area contributed by atoms with Gasteiger partial charge in [-0.2, -0.15) is 0 Å². The fourth-order valence-electron chi connectivity index (χ4n) is 3.07. The van der Waals surface area contributed by atoms with Crippen LogP contribution in [0.3, 0.4) is 0 Å². The maximum absolute atomic E-state index is 12.7. The van der Waals surface area contributed by atoms with Crippen LogP contribution in [0.4, 0.5) is 0 Å². The number of primary amides is 1. The standard InChI is InChI=1S/C18H23N5O2/c1-21-9-6-20-16(21)13-22-7-3-8-23(11-10-22)18(25)15-5-2-4-14(12-15)17(19)24/h2,4-6,9,12H,3,7-8,10-11,13H2,1H3,(H2,19,24). The number of nitrogens with zero attached hydrogens (tertiary/aromatic N) is 4. The van der Waals surface area contributed by atoms with Gasteiger partial charge in [0, 0.05) is 56.7 Å². The Morgan fingerprint density at radius 1 is 1.16 bits per heavy atom. The zero-order valence-electron chi connectivity index (χ0n) is 14.4. The van der Waals surface area contributed by atoms with Crippen LogP contribution in [-0.4, -0.2) is 57.3 Å². The second-order valence-corrected chi connectivity index (χ2v) is 6.32. The van der Waals surface area contributed by atoms with Crippen LogP contribution in [0.1, 0.15) is 33.0 Å². The molecule has 0 spiro atoms. The Balaban J connectivity index is 1.64. The number of amides is 2. The Morgan fingerprint density at radius 2 is 1.96 bits per heavy atom. The Kier molecular flexibility index (Phi) is 5.14. The molecule has 0 saturated carbocycles. The summed E-state index contributed by atoms with van der Waals surface area (Å²) >= 11 is 0. The summed E-state index contributed by atoms with van der Waals surface area (Å²) in [6, 6.07) is 6.61. The van der Waals surface area contributed by atoms with Crippen molar-refractivity contribution in [2.24, 2.45) is 12.8 Å². The predicted molar refractivity (Wildman–Crippen MR) is 94.0 cm³/mol. The molecule has 0 bridgehead atoms. The first-order valence-electron chi connectivity index (χ1n) is 8.42. The van der Waals surface area contributed by atoms with Gasteiger partial charge in [0.1, 0.15) is 5.82 Å². The van der Waals surface area contributed by atoms with E-state index in [0.717, 1.165) is 31.9 Å². The number of imidazole rings is 1. The number of hydrogen-bond acceptors (Lipinski definition) is 4. The molecule has 25 heavy (non-hydrogen) atoms. The van der Waals surface area contributed by atoms with E-state index in [-0.39, 0.29) is 5.91 Å². The molecule has 2 heterocycles. The van der Waals surface area contributed by atoms with Crippen LogP contribution < -0.4 is 5.73 Å². The first-order valence-corrected chi connectivity index (χ1v) is 8.42. The molecular formula is C18H23N5O2. The lowest BCUT2D eigenvalue weighted by molar-refractivity contribution is 0.0761. The number of aromatic nitrogens is 2. The highest BCUT2D eigenvalue weighted by atomic mass is 16.2. The molecule has 1 fully saturated rings. The first-order chi connectivity index (χ1) is 12.0. The van der Waals surface area contributed by atoms with Gasteiger partial charge in [0.05, 0.1) is 6.54 Å². The lowest BCUT2D eigenvalue weighted by Crippen LogP contribution is -2.35. The lowest BCUT2D eigenvalue weighted by Gasteiger charge is -2.22. The summed E-state index contributed by atoms with van der Waals surface area (Å²) in [5.74, 6) is 0.447. The van der Waals surface area contributed by atoms with Crippen molar-refractivity contribution in [3.05, 3.63) is 53.6 Å². The SMILES string of the molecule is Cn1ccnc1CN1CCCN(C(=O)c2cccc(C(N)=O)c2)CC1. The van der Waals surface area contributed by atoms with Crippen LogP contribution in [0, 0.1) is 0 Å². The maximum Gasteiger partial charge on any atom is 0.253 e. The van der Waals surface area contributed by atoms with Crippen LogP contribution in [0.2, 0.25) is 0 Å². The number of carbonyl (C=O) groups excluding carboxylic acids is 2. The van der Waals surface area contributed by atoms with Gasteiger partial charge in [-0.1, -0.05) is 6.07 Å². The molecule has 3 rings (SSSR count). The Labute approximate surface area is 147 Å². The topological polar surface area (TPSA) is 84.5 Å². The van der Waals surface area contributed by atoms with Crippen molar-refractivity contribution in [3.63, 3.8) is 0 Å². The number of carbonyl (C=O) groups is 2. The highest BCUT2D eigenvalue weighted by Crippen LogP contribution is 2.12. The van der Waals surface area contributed by atoms with E-state index in [1.165, 1.54) is 0 Å². The highest BCUT2D eigenvalue weighted by molar-refractivity contribution is 5.99. The van der Waals surface area contributed by atoms with E-state index in [0.29, 0.717) is 24.2 Å². The van der Waals surface area contributed by atoms with Crippen molar-refractivity contribution < 1.29 is 9.59 Å². The molecule has 2 aromatic rings. The van der Waals surface area contributed by atoms with E-state index in [9.17, 15) is 9.59 Å². The van der Waals surface area contributed by atoms with Crippen LogP contribution in [-0.2, 0) is 13.6 Å². The summed E-state index contributed by atoms with van der Waals surface area (Å²) in [7, 11) is 1.99. The summed E-state index contributed by atoms with van der Waals surface area (Å²) in [5, 5.41) is 0. The molecule has 1 saturated heterocycles. The number of aryl methyl sites for hydroxylation is 1. The summed E-state index contributed by atoms with van der Waals surface area (Å²) in [6.45, 7) is 3.87. The molecule has 7 nitrogen and oxygen atoms in total. The molecule has 2 amide bonds. The zero-order chi connectivity index (χ0) is 17.8. The van der Waals surface area contributed by atoms with Crippen molar-refractivity contribution in [1.82, 2.24) is 19.4 Å². The summed E-state index contributed by atoms with van der Waals surface area (Å²) in [6.07, 6.45) is 4.65. The number of benzene rings is 1.